The largest absolute Gasteiger partial charge is 0.481 e. The number of ether oxygens (including phenoxy) is 4. The van der Waals surface area contributed by atoms with Gasteiger partial charge in [-0.3, -0.25) is 0 Å². The molecule has 0 aliphatic carbocycles. The summed E-state index contributed by atoms with van der Waals surface area (Å²) in [6.45, 7) is 0.106. The highest BCUT2D eigenvalue weighted by Gasteiger charge is 2.20. The summed E-state index contributed by atoms with van der Waals surface area (Å²) < 4.78 is 21.4. The second-order valence-corrected chi connectivity index (χ2v) is 6.29. The van der Waals surface area contributed by atoms with E-state index in [1.807, 2.05) is 24.3 Å². The molecular weight excluding hydrogens is 438 g/mol. The van der Waals surface area contributed by atoms with Gasteiger partial charge in [-0.2, -0.15) is 9.97 Å². The zero-order valence-corrected chi connectivity index (χ0v) is 18.1. The minimum Gasteiger partial charge on any atom is -0.481 e. The van der Waals surface area contributed by atoms with Gasteiger partial charge in [0.2, 0.25) is 11.8 Å². The lowest BCUT2D eigenvalue weighted by atomic mass is 10.0. The predicted molar refractivity (Wildman–Crippen MR) is 119 cm³/mol. The van der Waals surface area contributed by atoms with Crippen molar-refractivity contribution >= 4 is 34.6 Å². The van der Waals surface area contributed by atoms with E-state index < -0.39 is 5.97 Å². The topological polar surface area (TPSA) is 101 Å². The van der Waals surface area contributed by atoms with Crippen LogP contribution in [0.4, 0.5) is 0 Å². The molecule has 0 atom stereocenters. The molecule has 0 aliphatic rings. The van der Waals surface area contributed by atoms with E-state index in [2.05, 4.69) is 15.1 Å². The smallest absolute Gasteiger partial charge is 0.342 e. The molecule has 0 saturated carbocycles. The van der Waals surface area contributed by atoms with Gasteiger partial charge in [-0.15, -0.1) is 0 Å². The summed E-state index contributed by atoms with van der Waals surface area (Å²) in [5, 5.41) is 5.15. The van der Waals surface area contributed by atoms with E-state index in [4.69, 9.17) is 35.4 Å². The van der Waals surface area contributed by atoms with Gasteiger partial charge in [0.15, 0.2) is 0 Å². The number of carbonyl (C=O) groups is 1. The van der Waals surface area contributed by atoms with Crippen LogP contribution >= 0.6 is 11.6 Å². The van der Waals surface area contributed by atoms with Gasteiger partial charge in [0, 0.05) is 5.54 Å². The standard InChI is InChI=1S/C22H20ClN3O6/c1-28-18-14-19(29-2)26-22(25-18)32-17-9-8-15-6-3-4-7-16(15)20(17)21(27)30-13-11-24-31-12-5-10-23/h3-11,14H,12-13H2,1-2H3. The number of hydrogen-bond donors (Lipinski definition) is 0. The van der Waals surface area contributed by atoms with Crippen LogP contribution in [0, 0.1) is 0 Å². The number of oxime groups is 1. The molecule has 0 unspecified atom stereocenters. The first-order chi connectivity index (χ1) is 15.7. The highest BCUT2D eigenvalue weighted by molar-refractivity contribution is 6.25. The van der Waals surface area contributed by atoms with Crippen molar-refractivity contribution in [3.05, 3.63) is 59.6 Å². The van der Waals surface area contributed by atoms with E-state index in [0.717, 1.165) is 5.39 Å². The van der Waals surface area contributed by atoms with Gasteiger partial charge in [0.1, 0.15) is 24.5 Å². The maximum Gasteiger partial charge on any atom is 0.342 e. The summed E-state index contributed by atoms with van der Waals surface area (Å²) in [6, 6.07) is 12.3. The highest BCUT2D eigenvalue weighted by Crippen LogP contribution is 2.32. The molecule has 0 radical (unpaired) electrons. The van der Waals surface area contributed by atoms with Crippen molar-refractivity contribution < 1.29 is 28.6 Å². The summed E-state index contributed by atoms with van der Waals surface area (Å²) in [5.74, 6) is 0.0946. The number of rotatable bonds is 10. The van der Waals surface area contributed by atoms with Crippen LogP contribution in [0.5, 0.6) is 23.5 Å². The zero-order valence-electron chi connectivity index (χ0n) is 17.4. The van der Waals surface area contributed by atoms with Gasteiger partial charge < -0.3 is 23.8 Å². The second-order valence-electron chi connectivity index (χ2n) is 6.04. The molecule has 0 spiro atoms. The van der Waals surface area contributed by atoms with Crippen molar-refractivity contribution in [2.45, 2.75) is 0 Å². The molecule has 0 N–H and O–H groups in total. The molecule has 10 heteroatoms. The van der Waals surface area contributed by atoms with Gasteiger partial charge in [-0.05, 0) is 22.9 Å². The van der Waals surface area contributed by atoms with Gasteiger partial charge in [0.25, 0.3) is 0 Å². The Morgan fingerprint density at radius 1 is 1.06 bits per heavy atom. The Morgan fingerprint density at radius 2 is 1.81 bits per heavy atom. The Bertz CT molecular complexity index is 1110. The number of fused-ring (bicyclic) bond motifs is 1. The van der Waals surface area contributed by atoms with Crippen LogP contribution in [0.15, 0.2) is 59.2 Å². The molecule has 1 heterocycles. The molecular formula is C22H20ClN3O6. The fraction of sp³-hybridized carbons (Fsp3) is 0.182. The van der Waals surface area contributed by atoms with Crippen molar-refractivity contribution in [3.8, 4) is 23.5 Å². The quantitative estimate of drug-likeness (QED) is 0.192. The third-order valence-electron chi connectivity index (χ3n) is 4.07. The van der Waals surface area contributed by atoms with Crippen molar-refractivity contribution in [3.63, 3.8) is 0 Å². The van der Waals surface area contributed by atoms with Crippen LogP contribution in [0.2, 0.25) is 0 Å². The minimum atomic E-state index is -0.612. The van der Waals surface area contributed by atoms with E-state index in [0.29, 0.717) is 5.39 Å². The average molecular weight is 458 g/mol. The number of halogens is 1. The van der Waals surface area contributed by atoms with Crippen molar-refractivity contribution in [1.29, 1.82) is 0 Å². The Balaban J connectivity index is 1.87. The highest BCUT2D eigenvalue weighted by atomic mass is 35.5. The normalized spacial score (nSPS) is 11.1. The van der Waals surface area contributed by atoms with Crippen LogP contribution in [0.3, 0.4) is 0 Å². The van der Waals surface area contributed by atoms with Gasteiger partial charge in [-0.25, -0.2) is 4.79 Å². The summed E-state index contributed by atoms with van der Waals surface area (Å²) in [4.78, 5) is 26.1. The molecule has 0 aliphatic heterocycles. The molecule has 32 heavy (non-hydrogen) atoms. The Hall–Kier alpha value is -3.85. The van der Waals surface area contributed by atoms with E-state index in [1.54, 1.807) is 18.2 Å². The van der Waals surface area contributed by atoms with Crippen LogP contribution in [0.1, 0.15) is 10.4 Å². The van der Waals surface area contributed by atoms with Crippen molar-refractivity contribution in [2.24, 2.45) is 5.16 Å². The first kappa shape index (κ1) is 22.8. The summed E-state index contributed by atoms with van der Waals surface area (Å²) in [7, 11) is 2.92. The third kappa shape index (κ3) is 5.86. The SMILES string of the molecule is COc1cc(OC)nc(Oc2ccc3ccccc3c2C(=O)OCC=NOCC=CCl)n1. The van der Waals surface area contributed by atoms with Crippen LogP contribution in [0.25, 0.3) is 10.8 Å². The van der Waals surface area contributed by atoms with Crippen LogP contribution < -0.4 is 14.2 Å². The number of methoxy groups -OCH3 is 2. The molecule has 0 amide bonds. The van der Waals surface area contributed by atoms with Crippen LogP contribution in [-0.4, -0.2) is 49.6 Å². The number of carbonyl (C=O) groups excluding carboxylic acids is 1. The molecule has 9 nitrogen and oxygen atoms in total. The molecule has 3 aromatic rings. The summed E-state index contributed by atoms with van der Waals surface area (Å²) in [5.41, 5.74) is 1.53. The predicted octanol–water partition coefficient (Wildman–Crippen LogP) is 4.35. The van der Waals surface area contributed by atoms with E-state index >= 15 is 0 Å². The Labute approximate surface area is 189 Å². The zero-order chi connectivity index (χ0) is 22.8. The van der Waals surface area contributed by atoms with Gasteiger partial charge in [0.05, 0.1) is 26.5 Å². The molecule has 1 aromatic heterocycles. The van der Waals surface area contributed by atoms with E-state index in [1.165, 1.54) is 32.0 Å². The summed E-state index contributed by atoms with van der Waals surface area (Å²) >= 11 is 5.39. The fourth-order valence-electron chi connectivity index (χ4n) is 2.67. The lowest BCUT2D eigenvalue weighted by Gasteiger charge is -2.13. The molecule has 166 valence electrons. The number of aromatic nitrogens is 2. The Morgan fingerprint density at radius 3 is 2.53 bits per heavy atom. The lowest BCUT2D eigenvalue weighted by molar-refractivity contribution is 0.0562. The average Bonchev–Trinajstić information content (AvgIpc) is 2.82. The van der Waals surface area contributed by atoms with Crippen LogP contribution in [-0.2, 0) is 9.57 Å². The molecule has 2 aromatic carbocycles. The monoisotopic (exact) mass is 457 g/mol. The number of esters is 1. The molecule has 3 rings (SSSR count). The molecule has 0 fully saturated rings. The molecule has 0 bridgehead atoms. The van der Waals surface area contributed by atoms with Crippen molar-refractivity contribution in [2.75, 3.05) is 27.4 Å². The molecule has 0 saturated heterocycles. The van der Waals surface area contributed by atoms with Gasteiger partial charge in [-0.1, -0.05) is 47.1 Å². The maximum absolute atomic E-state index is 12.9. The first-order valence-corrected chi connectivity index (χ1v) is 9.82. The first-order valence-electron chi connectivity index (χ1n) is 9.39. The maximum atomic E-state index is 12.9. The van der Waals surface area contributed by atoms with E-state index in [9.17, 15) is 4.79 Å². The minimum absolute atomic E-state index is 0.0483. The second kappa shape index (κ2) is 11.5. The number of benzene rings is 2. The fourth-order valence-corrected chi connectivity index (χ4v) is 2.75. The number of hydrogen-bond acceptors (Lipinski definition) is 9. The van der Waals surface area contributed by atoms with Crippen molar-refractivity contribution in [1.82, 2.24) is 9.97 Å². The van der Waals surface area contributed by atoms with Gasteiger partial charge >= 0.3 is 12.0 Å². The van der Waals surface area contributed by atoms with E-state index in [-0.39, 0.29) is 42.3 Å². The Kier molecular flexibility index (Phi) is 8.22. The lowest BCUT2D eigenvalue weighted by Crippen LogP contribution is -2.10. The summed E-state index contributed by atoms with van der Waals surface area (Å²) in [6.07, 6.45) is 2.89. The number of nitrogens with zero attached hydrogens (tertiary/aromatic N) is 3. The third-order valence-corrected chi connectivity index (χ3v) is 4.25.